The van der Waals surface area contributed by atoms with E-state index in [0.717, 1.165) is 16.5 Å². The summed E-state index contributed by atoms with van der Waals surface area (Å²) >= 11 is 3.33. The summed E-state index contributed by atoms with van der Waals surface area (Å²) in [7, 11) is 0. The Kier molecular flexibility index (Phi) is 5.47. The highest BCUT2D eigenvalue weighted by Gasteiger charge is 2.07. The second-order valence-corrected chi connectivity index (χ2v) is 5.51. The Morgan fingerprint density at radius 2 is 1.90 bits per heavy atom. The number of nitrogens with two attached hydrogens (primary N) is 1. The van der Waals surface area contributed by atoms with E-state index in [1.807, 2.05) is 12.1 Å². The van der Waals surface area contributed by atoms with Crippen molar-refractivity contribution in [2.45, 2.75) is 13.0 Å². The van der Waals surface area contributed by atoms with Crippen LogP contribution < -0.4 is 11.1 Å². The molecule has 3 nitrogen and oxygen atoms in total. The van der Waals surface area contributed by atoms with Crippen molar-refractivity contribution in [3.63, 3.8) is 0 Å². The lowest BCUT2D eigenvalue weighted by Crippen LogP contribution is -2.23. The quantitative estimate of drug-likeness (QED) is 0.870. The number of halogens is 2. The fraction of sp³-hybridized carbons (Fsp3) is 0.188. The Balaban J connectivity index is 1.99. The van der Waals surface area contributed by atoms with E-state index < -0.39 is 0 Å². The summed E-state index contributed by atoms with van der Waals surface area (Å²) in [6.07, 6.45) is 0.790. The molecule has 0 saturated heterocycles. The predicted molar refractivity (Wildman–Crippen MR) is 84.5 cm³/mol. The van der Waals surface area contributed by atoms with Gasteiger partial charge < -0.3 is 11.1 Å². The van der Waals surface area contributed by atoms with Crippen LogP contribution in [0.2, 0.25) is 0 Å². The van der Waals surface area contributed by atoms with Gasteiger partial charge in [-0.3, -0.25) is 4.79 Å². The maximum atomic E-state index is 13.2. The molecule has 0 aromatic heterocycles. The van der Waals surface area contributed by atoms with Crippen LogP contribution in [0.25, 0.3) is 0 Å². The minimum Gasteiger partial charge on any atom is -0.348 e. The molecule has 3 N–H and O–H groups in total. The molecule has 110 valence electrons. The van der Waals surface area contributed by atoms with Crippen LogP contribution in [0.5, 0.6) is 0 Å². The van der Waals surface area contributed by atoms with Crippen LogP contribution in [0.15, 0.2) is 46.9 Å². The van der Waals surface area contributed by atoms with E-state index in [2.05, 4.69) is 21.2 Å². The molecule has 1 amide bonds. The Morgan fingerprint density at radius 3 is 2.57 bits per heavy atom. The molecule has 0 aliphatic heterocycles. The van der Waals surface area contributed by atoms with Crippen LogP contribution in [-0.4, -0.2) is 12.5 Å². The smallest absolute Gasteiger partial charge is 0.251 e. The molecule has 0 heterocycles. The van der Waals surface area contributed by atoms with Crippen molar-refractivity contribution in [3.05, 3.63) is 69.4 Å². The summed E-state index contributed by atoms with van der Waals surface area (Å²) < 4.78 is 13.9. The van der Waals surface area contributed by atoms with Gasteiger partial charge in [0.25, 0.3) is 5.91 Å². The van der Waals surface area contributed by atoms with Gasteiger partial charge in [-0.2, -0.15) is 0 Å². The Morgan fingerprint density at radius 1 is 1.19 bits per heavy atom. The highest BCUT2D eigenvalue weighted by atomic mass is 79.9. The molecule has 21 heavy (non-hydrogen) atoms. The summed E-state index contributed by atoms with van der Waals surface area (Å²) in [6.45, 7) is 0.848. The third-order valence-electron chi connectivity index (χ3n) is 3.10. The van der Waals surface area contributed by atoms with Crippen LogP contribution in [0, 0.1) is 5.82 Å². The Bertz CT molecular complexity index is 629. The van der Waals surface area contributed by atoms with Gasteiger partial charge in [0.1, 0.15) is 5.82 Å². The molecule has 0 atom stereocenters. The second-order valence-electron chi connectivity index (χ2n) is 4.65. The third-order valence-corrected chi connectivity index (χ3v) is 3.87. The van der Waals surface area contributed by atoms with E-state index in [1.165, 1.54) is 12.1 Å². The van der Waals surface area contributed by atoms with Crippen molar-refractivity contribution in [2.24, 2.45) is 5.73 Å². The maximum Gasteiger partial charge on any atom is 0.251 e. The summed E-state index contributed by atoms with van der Waals surface area (Å²) in [4.78, 5) is 12.0. The zero-order chi connectivity index (χ0) is 15.2. The number of hydrogen-bond acceptors (Lipinski definition) is 2. The number of carbonyl (C=O) groups is 1. The highest BCUT2D eigenvalue weighted by molar-refractivity contribution is 9.10. The zero-order valence-corrected chi connectivity index (χ0v) is 13.0. The van der Waals surface area contributed by atoms with Crippen LogP contribution in [0.1, 0.15) is 21.5 Å². The van der Waals surface area contributed by atoms with Crippen molar-refractivity contribution in [1.29, 1.82) is 0 Å². The molecular formula is C16H16BrFN2O. The number of amides is 1. The van der Waals surface area contributed by atoms with Gasteiger partial charge in [0, 0.05) is 16.6 Å². The van der Waals surface area contributed by atoms with Gasteiger partial charge >= 0.3 is 0 Å². The SMILES string of the molecule is NCCc1ccc(C(=O)NCc2cc(F)ccc2Br)cc1. The summed E-state index contributed by atoms with van der Waals surface area (Å²) in [5.41, 5.74) is 7.85. The molecule has 5 heteroatoms. The number of nitrogens with one attached hydrogen (secondary N) is 1. The molecule has 2 aromatic rings. The topological polar surface area (TPSA) is 55.1 Å². The Labute approximate surface area is 131 Å². The summed E-state index contributed by atoms with van der Waals surface area (Å²) in [5, 5.41) is 2.77. The van der Waals surface area contributed by atoms with Crippen LogP contribution in [0.4, 0.5) is 4.39 Å². The molecule has 2 rings (SSSR count). The molecule has 0 unspecified atom stereocenters. The molecule has 0 bridgehead atoms. The molecule has 0 saturated carbocycles. The van der Waals surface area contributed by atoms with Gasteiger partial charge in [0.2, 0.25) is 0 Å². The van der Waals surface area contributed by atoms with Crippen molar-refractivity contribution in [3.8, 4) is 0 Å². The van der Waals surface area contributed by atoms with Crippen LogP contribution in [-0.2, 0) is 13.0 Å². The molecule has 0 spiro atoms. The minimum absolute atomic E-state index is 0.189. The summed E-state index contributed by atoms with van der Waals surface area (Å²) in [6, 6.07) is 11.7. The lowest BCUT2D eigenvalue weighted by atomic mass is 10.1. The first kappa shape index (κ1) is 15.7. The molecule has 0 radical (unpaired) electrons. The van der Waals surface area contributed by atoms with E-state index in [0.29, 0.717) is 17.7 Å². The Hall–Kier alpha value is -1.72. The first-order chi connectivity index (χ1) is 10.1. The van der Waals surface area contributed by atoms with Gasteiger partial charge in [-0.25, -0.2) is 4.39 Å². The van der Waals surface area contributed by atoms with Gasteiger partial charge in [0.15, 0.2) is 0 Å². The maximum absolute atomic E-state index is 13.2. The highest BCUT2D eigenvalue weighted by Crippen LogP contribution is 2.17. The van der Waals surface area contributed by atoms with Gasteiger partial charge in [-0.1, -0.05) is 28.1 Å². The van der Waals surface area contributed by atoms with E-state index in [-0.39, 0.29) is 18.3 Å². The molecule has 0 fully saturated rings. The van der Waals surface area contributed by atoms with E-state index in [1.54, 1.807) is 18.2 Å². The van der Waals surface area contributed by atoms with Gasteiger partial charge in [-0.05, 0) is 54.4 Å². The van der Waals surface area contributed by atoms with Crippen LogP contribution in [0.3, 0.4) is 0 Å². The lowest BCUT2D eigenvalue weighted by Gasteiger charge is -2.08. The average Bonchev–Trinajstić information content (AvgIpc) is 2.49. The first-order valence-electron chi connectivity index (χ1n) is 6.61. The van der Waals surface area contributed by atoms with Crippen molar-refractivity contribution < 1.29 is 9.18 Å². The molecule has 2 aromatic carbocycles. The zero-order valence-electron chi connectivity index (χ0n) is 11.4. The monoisotopic (exact) mass is 350 g/mol. The molecular weight excluding hydrogens is 335 g/mol. The standard InChI is InChI=1S/C16H16BrFN2O/c17-15-6-5-14(18)9-13(15)10-20-16(21)12-3-1-11(2-4-12)7-8-19/h1-6,9H,7-8,10,19H2,(H,20,21). The average molecular weight is 351 g/mol. The predicted octanol–water partition coefficient (Wildman–Crippen LogP) is 3.02. The third kappa shape index (κ3) is 4.37. The molecule has 0 aliphatic rings. The number of rotatable bonds is 5. The van der Waals surface area contributed by atoms with Gasteiger partial charge in [0.05, 0.1) is 0 Å². The molecule has 0 aliphatic carbocycles. The number of benzene rings is 2. The lowest BCUT2D eigenvalue weighted by molar-refractivity contribution is 0.0951. The van der Waals surface area contributed by atoms with E-state index in [9.17, 15) is 9.18 Å². The fourth-order valence-electron chi connectivity index (χ4n) is 1.95. The van der Waals surface area contributed by atoms with Crippen LogP contribution >= 0.6 is 15.9 Å². The summed E-state index contributed by atoms with van der Waals surface area (Å²) in [5.74, 6) is -0.515. The number of carbonyl (C=O) groups excluding carboxylic acids is 1. The largest absolute Gasteiger partial charge is 0.348 e. The van der Waals surface area contributed by atoms with Crippen molar-refractivity contribution in [1.82, 2.24) is 5.32 Å². The minimum atomic E-state index is -0.325. The van der Waals surface area contributed by atoms with Crippen molar-refractivity contribution >= 4 is 21.8 Å². The second kappa shape index (κ2) is 7.33. The van der Waals surface area contributed by atoms with Crippen molar-refractivity contribution in [2.75, 3.05) is 6.54 Å². The van der Waals surface area contributed by atoms with E-state index in [4.69, 9.17) is 5.73 Å². The number of hydrogen-bond donors (Lipinski definition) is 2. The normalized spacial score (nSPS) is 10.4. The first-order valence-corrected chi connectivity index (χ1v) is 7.40. The van der Waals surface area contributed by atoms with E-state index >= 15 is 0 Å². The van der Waals surface area contributed by atoms with Gasteiger partial charge in [-0.15, -0.1) is 0 Å². The fourth-order valence-corrected chi connectivity index (χ4v) is 2.33.